The Kier molecular flexibility index (Phi) is 12.0. The molecule has 0 aromatic carbocycles. The summed E-state index contributed by atoms with van der Waals surface area (Å²) in [6.45, 7) is 11.2. The van der Waals surface area contributed by atoms with Crippen LogP contribution in [-0.4, -0.2) is 95.4 Å². The minimum Gasteiger partial charge on any atom is -0.444 e. The number of hydrogen-bond donors (Lipinski definition) is 0. The summed E-state index contributed by atoms with van der Waals surface area (Å²) in [5, 5.41) is 20.7. The molecule has 4 fully saturated rings. The summed E-state index contributed by atoms with van der Waals surface area (Å²) in [4.78, 5) is 80.5. The van der Waals surface area contributed by atoms with E-state index >= 15 is 0 Å². The number of nitrogens with zero attached hydrogens (tertiary/aromatic N) is 7. The van der Waals surface area contributed by atoms with Crippen molar-refractivity contribution in [1.29, 1.82) is 0 Å². The van der Waals surface area contributed by atoms with Gasteiger partial charge in [0.15, 0.2) is 18.2 Å². The quantitative estimate of drug-likeness (QED) is 0.261. The van der Waals surface area contributed by atoms with Crippen LogP contribution in [0.1, 0.15) is 80.1 Å². The first-order valence-corrected chi connectivity index (χ1v) is 17.3. The van der Waals surface area contributed by atoms with Gasteiger partial charge in [-0.1, -0.05) is 0 Å². The zero-order valence-electron chi connectivity index (χ0n) is 29.3. The van der Waals surface area contributed by atoms with Crippen molar-refractivity contribution in [2.45, 2.75) is 115 Å². The largest absolute Gasteiger partial charge is 0.444 e. The second-order valence-corrected chi connectivity index (χ2v) is 15.4. The van der Waals surface area contributed by atoms with Crippen molar-refractivity contribution >= 4 is 57.1 Å². The predicted octanol–water partition coefficient (Wildman–Crippen LogP) is 5.97. The highest BCUT2D eigenvalue weighted by Crippen LogP contribution is 2.36. The van der Waals surface area contributed by atoms with E-state index in [0.29, 0.717) is 31.5 Å². The first-order valence-electron chi connectivity index (χ1n) is 16.5. The van der Waals surface area contributed by atoms with E-state index in [-0.39, 0.29) is 47.5 Å². The molecule has 6 rings (SSSR count). The molecule has 276 valence electrons. The first-order chi connectivity index (χ1) is 23.8. The maximum absolute atomic E-state index is 12.8. The Morgan fingerprint density at radius 1 is 0.765 bits per heavy atom. The molecular formula is C33H42BrN7O10. The minimum absolute atomic E-state index is 0.132. The molecular weight excluding hydrogens is 734 g/mol. The number of pyridine rings is 2. The zero-order chi connectivity index (χ0) is 37.8. The molecule has 0 radical (unpaired) electrons. The maximum Gasteiger partial charge on any atom is 0.411 e. The molecule has 4 aliphatic heterocycles. The zero-order valence-corrected chi connectivity index (χ0v) is 30.9. The molecule has 4 atom stereocenters. The Bertz CT molecular complexity index is 1640. The van der Waals surface area contributed by atoms with E-state index in [9.17, 15) is 39.4 Å². The average Bonchev–Trinajstić information content (AvgIpc) is 3.56. The van der Waals surface area contributed by atoms with Crippen LogP contribution in [0.4, 0.5) is 26.9 Å². The van der Waals surface area contributed by atoms with Crippen molar-refractivity contribution in [2.24, 2.45) is 0 Å². The summed E-state index contributed by atoms with van der Waals surface area (Å²) < 4.78 is 11.5. The van der Waals surface area contributed by atoms with Crippen LogP contribution in [0.25, 0.3) is 0 Å². The van der Waals surface area contributed by atoms with Crippen molar-refractivity contribution in [1.82, 2.24) is 19.8 Å². The van der Waals surface area contributed by atoms with Crippen molar-refractivity contribution in [3.05, 3.63) is 61.4 Å². The Hall–Kier alpha value is -4.74. The summed E-state index contributed by atoms with van der Waals surface area (Å²) in [5.74, 6) is -0.426. The number of Topliss-reactive ketones (excluding diaryl/α,β-unsaturated/α-hetero) is 1. The summed E-state index contributed by atoms with van der Waals surface area (Å²) in [7, 11) is 0. The van der Waals surface area contributed by atoms with Crippen molar-refractivity contribution < 1.29 is 38.5 Å². The molecule has 2 aromatic rings. The van der Waals surface area contributed by atoms with Gasteiger partial charge in [0, 0.05) is 31.1 Å². The first kappa shape index (κ1) is 39.1. The van der Waals surface area contributed by atoms with Crippen LogP contribution in [0, 0.1) is 20.2 Å². The number of carbonyl (C=O) groups is 4. The van der Waals surface area contributed by atoms with Gasteiger partial charge < -0.3 is 34.6 Å². The van der Waals surface area contributed by atoms with Gasteiger partial charge in [-0.05, 0) is 122 Å². The molecule has 2 aromatic heterocycles. The minimum atomic E-state index is -0.626. The highest BCUT2D eigenvalue weighted by Gasteiger charge is 2.50. The fraction of sp³-hybridized carbons (Fsp3) is 0.576. The number of ketones is 1. The van der Waals surface area contributed by atoms with E-state index in [1.807, 2.05) is 20.8 Å². The topological polar surface area (TPSA) is 209 Å². The van der Waals surface area contributed by atoms with Gasteiger partial charge in [-0.25, -0.2) is 9.59 Å². The normalized spacial score (nSPS) is 22.3. The van der Waals surface area contributed by atoms with Crippen LogP contribution in [-0.2, 0) is 19.1 Å². The smallest absolute Gasteiger partial charge is 0.411 e. The number of hydrogen-bond acceptors (Lipinski definition) is 12. The third-order valence-corrected chi connectivity index (χ3v) is 8.85. The highest BCUT2D eigenvalue weighted by molar-refractivity contribution is 9.10. The summed E-state index contributed by atoms with van der Waals surface area (Å²) in [5.41, 5.74) is -0.618. The monoisotopic (exact) mass is 775 g/mol. The van der Waals surface area contributed by atoms with E-state index in [4.69, 9.17) is 9.47 Å². The van der Waals surface area contributed by atoms with Gasteiger partial charge >= 0.3 is 23.8 Å². The van der Waals surface area contributed by atoms with Crippen molar-refractivity contribution in [3.63, 3.8) is 0 Å². The molecule has 17 nitrogen and oxygen atoms in total. The fourth-order valence-electron chi connectivity index (χ4n) is 6.28. The lowest BCUT2D eigenvalue weighted by atomic mass is 10.0. The number of nitro groups is 2. The Balaban J connectivity index is 0.000000191. The number of halogens is 1. The molecule has 4 aliphatic rings. The lowest BCUT2D eigenvalue weighted by Gasteiger charge is -2.40. The van der Waals surface area contributed by atoms with E-state index in [2.05, 4.69) is 25.9 Å². The number of aromatic nitrogens is 2. The van der Waals surface area contributed by atoms with Crippen LogP contribution >= 0.6 is 15.9 Å². The van der Waals surface area contributed by atoms with E-state index in [1.165, 1.54) is 35.5 Å². The van der Waals surface area contributed by atoms with Gasteiger partial charge in [0.05, 0.1) is 22.2 Å². The number of piperidine rings is 1. The fourth-order valence-corrected chi connectivity index (χ4v) is 6.51. The second-order valence-electron chi connectivity index (χ2n) is 14.4. The number of carbonyl (C=O) groups excluding carboxylic acids is 4. The third-order valence-electron chi connectivity index (χ3n) is 8.38. The summed E-state index contributed by atoms with van der Waals surface area (Å²) in [6, 6.07) is 4.99. The van der Waals surface area contributed by atoms with Crippen LogP contribution in [0.15, 0.2) is 41.1 Å². The van der Waals surface area contributed by atoms with E-state index in [0.717, 1.165) is 23.7 Å². The van der Waals surface area contributed by atoms with Gasteiger partial charge in [-0.2, -0.15) is 0 Å². The van der Waals surface area contributed by atoms with Gasteiger partial charge in [0.25, 0.3) is 0 Å². The summed E-state index contributed by atoms with van der Waals surface area (Å²) in [6.07, 6.45) is 6.37. The molecule has 4 unspecified atom stereocenters. The van der Waals surface area contributed by atoms with Crippen LogP contribution < -0.4 is 4.90 Å². The van der Waals surface area contributed by atoms with Gasteiger partial charge in [-0.15, -0.1) is 0 Å². The molecule has 0 spiro atoms. The Labute approximate surface area is 303 Å². The molecule has 51 heavy (non-hydrogen) atoms. The van der Waals surface area contributed by atoms with Crippen molar-refractivity contribution in [2.75, 3.05) is 11.4 Å². The number of ether oxygens (including phenoxy) is 2. The molecule has 18 heteroatoms. The van der Waals surface area contributed by atoms with E-state index in [1.54, 1.807) is 36.6 Å². The lowest BCUT2D eigenvalue weighted by molar-refractivity contribution is -0.389. The molecule has 6 heterocycles. The van der Waals surface area contributed by atoms with Gasteiger partial charge in [0.1, 0.15) is 17.2 Å². The summed E-state index contributed by atoms with van der Waals surface area (Å²) >= 11 is 3.11. The van der Waals surface area contributed by atoms with Gasteiger partial charge in [0.2, 0.25) is 5.91 Å². The number of rotatable bonds is 3. The maximum atomic E-state index is 12.8. The average molecular weight is 777 g/mol. The number of piperazine rings is 1. The van der Waals surface area contributed by atoms with Crippen LogP contribution in [0.2, 0.25) is 0 Å². The molecule has 0 N–H and O–H groups in total. The SMILES string of the molecule is CC(C)(C)OC(=O)N1C2CCC(=O)C1CC2.CC(C)(C)OC(=O)N1C2CCC1C(=O)N(c1ccc([N+](=O)[O-])nc1)C2.O=[N+]([O-])c1ccc(Br)cn1. The second kappa shape index (κ2) is 15.7. The molecule has 4 saturated heterocycles. The van der Waals surface area contributed by atoms with Gasteiger partial charge in [-0.3, -0.25) is 19.4 Å². The standard InChI is InChI=1S/C16H20N4O5.C12H19NO3.C5H3BrN2O2/c1-16(2,3)25-15(22)19-11-4-6-12(19)14(21)18(9-11)10-5-7-13(17-8-10)20(23)24;1-12(2,3)16-11(15)13-8-4-6-9(13)10(14)7-5-8;6-4-1-2-5(7-3-4)8(9)10/h5,7-8,11-12H,4,6,9H2,1-3H3;8-9H,4-7H2,1-3H3;1-3H. The molecule has 0 aliphatic carbocycles. The number of fused-ring (bicyclic) bond motifs is 4. The van der Waals surface area contributed by atoms with Crippen LogP contribution in [0.3, 0.4) is 0 Å². The Morgan fingerprint density at radius 2 is 1.27 bits per heavy atom. The van der Waals surface area contributed by atoms with Crippen LogP contribution in [0.5, 0.6) is 0 Å². The molecule has 4 bridgehead atoms. The molecule has 0 saturated carbocycles. The number of amides is 3. The van der Waals surface area contributed by atoms with Crippen molar-refractivity contribution in [3.8, 4) is 0 Å². The predicted molar refractivity (Wildman–Crippen MR) is 186 cm³/mol. The lowest BCUT2D eigenvalue weighted by Crippen LogP contribution is -2.59. The van der Waals surface area contributed by atoms with E-state index < -0.39 is 33.2 Å². The number of anilines is 1. The highest BCUT2D eigenvalue weighted by atomic mass is 79.9. The Morgan fingerprint density at radius 3 is 1.76 bits per heavy atom. The molecule has 3 amide bonds. The third kappa shape index (κ3) is 9.95.